The molecule has 2 amide bonds. The first-order chi connectivity index (χ1) is 3.63. The van der Waals surface area contributed by atoms with Gasteiger partial charge in [-0.1, -0.05) is 0 Å². The summed E-state index contributed by atoms with van der Waals surface area (Å²) in [5.74, 6) is 0. The van der Waals surface area contributed by atoms with Gasteiger partial charge < -0.3 is 11.1 Å². The molecule has 0 aliphatic carbocycles. The molecular formula is C4H9N2O2. The van der Waals surface area contributed by atoms with Crippen LogP contribution in [0.25, 0.3) is 0 Å². The second-order valence-electron chi connectivity index (χ2n) is 1.56. The minimum absolute atomic E-state index is 0.106. The van der Waals surface area contributed by atoms with Crippen LogP contribution in [0.5, 0.6) is 0 Å². The van der Waals surface area contributed by atoms with Crippen molar-refractivity contribution in [1.82, 2.24) is 5.32 Å². The number of amides is 2. The van der Waals surface area contributed by atoms with Crippen molar-refractivity contribution in [2.75, 3.05) is 6.54 Å². The Morgan fingerprint density at radius 1 is 1.88 bits per heavy atom. The predicted octanol–water partition coefficient (Wildman–Crippen LogP) is -0.526. The fourth-order valence-corrected chi connectivity index (χ4v) is 0.244. The minimum atomic E-state index is -0.775. The molecule has 0 aromatic heterocycles. The highest BCUT2D eigenvalue weighted by Gasteiger charge is 1.96. The van der Waals surface area contributed by atoms with E-state index in [0.29, 0.717) is 0 Å². The second-order valence-corrected chi connectivity index (χ2v) is 1.56. The van der Waals surface area contributed by atoms with E-state index in [9.17, 15) is 9.90 Å². The third-order valence-corrected chi connectivity index (χ3v) is 0.564. The molecule has 4 heteroatoms. The number of nitrogens with one attached hydrogen (secondary N) is 1. The Morgan fingerprint density at radius 2 is 2.38 bits per heavy atom. The summed E-state index contributed by atoms with van der Waals surface area (Å²) in [6.45, 7) is 1.56. The molecule has 0 heterocycles. The van der Waals surface area contributed by atoms with Crippen molar-refractivity contribution in [3.63, 3.8) is 0 Å². The lowest BCUT2D eigenvalue weighted by Gasteiger charge is -1.99. The van der Waals surface area contributed by atoms with Gasteiger partial charge in [0.15, 0.2) is 0 Å². The number of urea groups is 1. The van der Waals surface area contributed by atoms with Crippen molar-refractivity contribution in [3.8, 4) is 0 Å². The van der Waals surface area contributed by atoms with Gasteiger partial charge in [-0.3, -0.25) is 0 Å². The van der Waals surface area contributed by atoms with Gasteiger partial charge in [0.2, 0.25) is 0 Å². The molecule has 1 radical (unpaired) electrons. The molecule has 4 nitrogen and oxygen atoms in total. The Hall–Kier alpha value is -0.770. The SMILES string of the molecule is CC([O])CNC(N)=O. The Labute approximate surface area is 47.7 Å². The number of rotatable bonds is 2. The first-order valence-corrected chi connectivity index (χ1v) is 2.32. The van der Waals surface area contributed by atoms with E-state index in [2.05, 4.69) is 11.1 Å². The van der Waals surface area contributed by atoms with Crippen LogP contribution in [0, 0.1) is 0 Å². The lowest BCUT2D eigenvalue weighted by molar-refractivity contribution is 0.106. The maximum Gasteiger partial charge on any atom is 0.312 e. The van der Waals surface area contributed by atoms with Gasteiger partial charge >= 0.3 is 6.03 Å². The number of primary amides is 1. The van der Waals surface area contributed by atoms with Crippen molar-refractivity contribution in [2.45, 2.75) is 13.0 Å². The molecule has 0 bridgehead atoms. The van der Waals surface area contributed by atoms with Crippen molar-refractivity contribution in [3.05, 3.63) is 0 Å². The van der Waals surface area contributed by atoms with Crippen LogP contribution in [-0.2, 0) is 5.11 Å². The Morgan fingerprint density at radius 3 is 2.50 bits per heavy atom. The van der Waals surface area contributed by atoms with Crippen molar-refractivity contribution in [2.24, 2.45) is 5.73 Å². The van der Waals surface area contributed by atoms with Crippen LogP contribution in [0.1, 0.15) is 6.92 Å². The molecular weight excluding hydrogens is 108 g/mol. The Bertz CT molecular complexity index is 82.1. The number of hydrogen-bond donors (Lipinski definition) is 2. The normalized spacial score (nSPS) is 12.8. The van der Waals surface area contributed by atoms with E-state index in [1.807, 2.05) is 0 Å². The topological polar surface area (TPSA) is 75.0 Å². The zero-order valence-corrected chi connectivity index (χ0v) is 4.68. The quantitative estimate of drug-likeness (QED) is 0.501. The molecule has 3 N–H and O–H groups in total. The summed E-state index contributed by atoms with van der Waals surface area (Å²) in [7, 11) is 0. The molecule has 0 saturated heterocycles. The zero-order chi connectivity index (χ0) is 6.57. The van der Waals surface area contributed by atoms with E-state index >= 15 is 0 Å². The summed E-state index contributed by atoms with van der Waals surface area (Å²) >= 11 is 0. The van der Waals surface area contributed by atoms with Crippen LogP contribution in [-0.4, -0.2) is 18.7 Å². The van der Waals surface area contributed by atoms with Gasteiger partial charge in [-0.2, -0.15) is 0 Å². The monoisotopic (exact) mass is 117 g/mol. The summed E-state index contributed by atoms with van der Waals surface area (Å²) in [6, 6.07) is -0.646. The number of carbonyl (C=O) groups is 1. The molecule has 0 spiro atoms. The van der Waals surface area contributed by atoms with E-state index in [-0.39, 0.29) is 6.54 Å². The average molecular weight is 117 g/mol. The maximum atomic E-state index is 10.2. The van der Waals surface area contributed by atoms with Gasteiger partial charge in [-0.15, -0.1) is 0 Å². The molecule has 0 aromatic carbocycles. The lowest BCUT2D eigenvalue weighted by Crippen LogP contribution is -2.34. The summed E-state index contributed by atoms with van der Waals surface area (Å²) in [4.78, 5) is 9.88. The summed E-state index contributed by atoms with van der Waals surface area (Å²) < 4.78 is 0. The highest BCUT2D eigenvalue weighted by Crippen LogP contribution is 1.73. The Balaban J connectivity index is 3.05. The third kappa shape index (κ3) is 5.23. The van der Waals surface area contributed by atoms with Gasteiger partial charge in [0, 0.05) is 6.54 Å². The largest absolute Gasteiger partial charge is 0.352 e. The highest BCUT2D eigenvalue weighted by molar-refractivity contribution is 5.71. The summed E-state index contributed by atoms with van der Waals surface area (Å²) in [5, 5.41) is 12.3. The smallest absolute Gasteiger partial charge is 0.312 e. The van der Waals surface area contributed by atoms with Gasteiger partial charge in [-0.05, 0) is 6.92 Å². The molecule has 0 aliphatic rings. The minimum Gasteiger partial charge on any atom is -0.352 e. The summed E-state index contributed by atoms with van der Waals surface area (Å²) in [5.41, 5.74) is 4.65. The standard InChI is InChI=1S/C4H9N2O2/c1-3(7)2-6-4(5)8/h3H,2H2,1H3,(H3,5,6,8). The molecule has 0 aliphatic heterocycles. The number of carbonyl (C=O) groups excluding carboxylic acids is 1. The van der Waals surface area contributed by atoms with Gasteiger partial charge in [0.1, 0.15) is 6.10 Å². The van der Waals surface area contributed by atoms with Crippen molar-refractivity contribution in [1.29, 1.82) is 0 Å². The van der Waals surface area contributed by atoms with Gasteiger partial charge in [0.25, 0.3) is 0 Å². The fraction of sp³-hybridized carbons (Fsp3) is 0.750. The van der Waals surface area contributed by atoms with E-state index < -0.39 is 12.1 Å². The molecule has 8 heavy (non-hydrogen) atoms. The van der Waals surface area contributed by atoms with Crippen LogP contribution < -0.4 is 11.1 Å². The van der Waals surface area contributed by atoms with Crippen LogP contribution >= 0.6 is 0 Å². The van der Waals surface area contributed by atoms with Crippen molar-refractivity contribution >= 4 is 6.03 Å². The van der Waals surface area contributed by atoms with E-state index in [4.69, 9.17) is 0 Å². The lowest BCUT2D eigenvalue weighted by atomic mass is 10.4. The third-order valence-electron chi connectivity index (χ3n) is 0.564. The molecule has 1 unspecified atom stereocenters. The average Bonchev–Trinajstić information content (AvgIpc) is 1.61. The number of hydrogen-bond acceptors (Lipinski definition) is 1. The van der Waals surface area contributed by atoms with Gasteiger partial charge in [-0.25, -0.2) is 9.90 Å². The highest BCUT2D eigenvalue weighted by atomic mass is 16.3. The Kier molecular flexibility index (Phi) is 2.95. The number of nitrogens with two attached hydrogens (primary N) is 1. The molecule has 47 valence electrons. The van der Waals surface area contributed by atoms with Crippen LogP contribution in [0.4, 0.5) is 4.79 Å². The zero-order valence-electron chi connectivity index (χ0n) is 4.68. The first-order valence-electron chi connectivity index (χ1n) is 2.32. The van der Waals surface area contributed by atoms with Crippen molar-refractivity contribution < 1.29 is 9.90 Å². The predicted molar refractivity (Wildman–Crippen MR) is 27.7 cm³/mol. The summed E-state index contributed by atoms with van der Waals surface area (Å²) in [6.07, 6.45) is -0.775. The van der Waals surface area contributed by atoms with E-state index in [1.54, 1.807) is 0 Å². The molecule has 0 rings (SSSR count). The first kappa shape index (κ1) is 7.23. The molecule has 0 saturated carbocycles. The molecule has 1 atom stereocenters. The fourth-order valence-electron chi connectivity index (χ4n) is 0.244. The van der Waals surface area contributed by atoms with Crippen LogP contribution in [0.3, 0.4) is 0 Å². The second kappa shape index (κ2) is 3.26. The van der Waals surface area contributed by atoms with Crippen LogP contribution in [0.15, 0.2) is 0 Å². The van der Waals surface area contributed by atoms with Crippen LogP contribution in [0.2, 0.25) is 0 Å². The van der Waals surface area contributed by atoms with E-state index in [1.165, 1.54) is 6.92 Å². The van der Waals surface area contributed by atoms with Gasteiger partial charge in [0.05, 0.1) is 0 Å². The maximum absolute atomic E-state index is 10.2. The van der Waals surface area contributed by atoms with E-state index in [0.717, 1.165) is 0 Å². The molecule has 0 aromatic rings. The molecule has 0 fully saturated rings.